The molecule has 0 atom stereocenters. The van der Waals surface area contributed by atoms with Gasteiger partial charge in [-0.3, -0.25) is 9.69 Å². The lowest BCUT2D eigenvalue weighted by Gasteiger charge is -2.19. The molecule has 0 saturated heterocycles. The van der Waals surface area contributed by atoms with Gasteiger partial charge < -0.3 is 11.5 Å². The van der Waals surface area contributed by atoms with Gasteiger partial charge in [0.25, 0.3) is 0 Å². The molecule has 4 N–H and O–H groups in total. The van der Waals surface area contributed by atoms with E-state index in [1.165, 1.54) is 0 Å². The molecule has 0 aliphatic rings. The lowest BCUT2D eigenvalue weighted by Crippen LogP contribution is -2.33. The first-order chi connectivity index (χ1) is 9.52. The van der Waals surface area contributed by atoms with Crippen LogP contribution in [-0.2, 0) is 17.9 Å². The molecule has 2 rings (SSSR count). The maximum atomic E-state index is 11.2. The van der Waals surface area contributed by atoms with Crippen LogP contribution < -0.4 is 11.5 Å². The number of aryl methyl sites for hydroxylation is 1. The number of carbonyl (C=O) groups excluding carboxylic acids is 1. The molecular formula is C14H18N4OS. The van der Waals surface area contributed by atoms with Crippen molar-refractivity contribution in [3.05, 3.63) is 45.9 Å². The summed E-state index contributed by atoms with van der Waals surface area (Å²) in [6.45, 7) is 3.42. The van der Waals surface area contributed by atoms with Crippen molar-refractivity contribution in [1.82, 2.24) is 9.88 Å². The van der Waals surface area contributed by atoms with E-state index in [4.69, 9.17) is 11.5 Å². The van der Waals surface area contributed by atoms with Gasteiger partial charge in [0.05, 0.1) is 17.2 Å². The molecule has 1 amide bonds. The SMILES string of the molecule is Cc1nc(CN(CC(N)=O)Cc2ccc(N)cc2)cs1. The first kappa shape index (κ1) is 14.5. The second-order valence-corrected chi connectivity index (χ2v) is 5.77. The van der Waals surface area contributed by atoms with Crippen molar-refractivity contribution in [1.29, 1.82) is 0 Å². The molecular weight excluding hydrogens is 272 g/mol. The maximum absolute atomic E-state index is 11.2. The van der Waals surface area contributed by atoms with Gasteiger partial charge in [-0.15, -0.1) is 11.3 Å². The van der Waals surface area contributed by atoms with Gasteiger partial charge in [0.1, 0.15) is 0 Å². The molecule has 5 nitrogen and oxygen atoms in total. The van der Waals surface area contributed by atoms with Crippen molar-refractivity contribution < 1.29 is 4.79 Å². The van der Waals surface area contributed by atoms with Crippen molar-refractivity contribution in [3.63, 3.8) is 0 Å². The zero-order chi connectivity index (χ0) is 14.5. The third kappa shape index (κ3) is 4.32. The molecule has 0 unspecified atom stereocenters. The number of primary amides is 1. The third-order valence-electron chi connectivity index (χ3n) is 2.82. The zero-order valence-electron chi connectivity index (χ0n) is 11.4. The van der Waals surface area contributed by atoms with Crippen molar-refractivity contribution in [2.45, 2.75) is 20.0 Å². The second-order valence-electron chi connectivity index (χ2n) is 4.71. The molecule has 6 heteroatoms. The number of aromatic nitrogens is 1. The number of anilines is 1. The van der Waals surface area contributed by atoms with Crippen LogP contribution in [0.25, 0.3) is 0 Å². The number of nitrogens with zero attached hydrogens (tertiary/aromatic N) is 2. The Hall–Kier alpha value is -1.92. The van der Waals surface area contributed by atoms with Gasteiger partial charge >= 0.3 is 0 Å². The number of thiazole rings is 1. The van der Waals surface area contributed by atoms with Crippen molar-refractivity contribution in [2.75, 3.05) is 12.3 Å². The van der Waals surface area contributed by atoms with Gasteiger partial charge in [-0.05, 0) is 24.6 Å². The summed E-state index contributed by atoms with van der Waals surface area (Å²) in [7, 11) is 0. The first-order valence-corrected chi connectivity index (χ1v) is 7.17. The number of nitrogen functional groups attached to an aromatic ring is 1. The zero-order valence-corrected chi connectivity index (χ0v) is 12.2. The maximum Gasteiger partial charge on any atom is 0.231 e. The van der Waals surface area contributed by atoms with E-state index in [0.717, 1.165) is 22.0 Å². The molecule has 0 spiro atoms. The summed E-state index contributed by atoms with van der Waals surface area (Å²) in [6.07, 6.45) is 0. The fraction of sp³-hybridized carbons (Fsp3) is 0.286. The first-order valence-electron chi connectivity index (χ1n) is 6.29. The Balaban J connectivity index is 2.06. The molecule has 0 bridgehead atoms. The smallest absolute Gasteiger partial charge is 0.231 e. The Labute approximate surface area is 122 Å². The summed E-state index contributed by atoms with van der Waals surface area (Å²) in [5.41, 5.74) is 13.8. The van der Waals surface area contributed by atoms with E-state index in [2.05, 4.69) is 4.98 Å². The molecule has 0 aliphatic carbocycles. The van der Waals surface area contributed by atoms with Crippen LogP contribution in [-0.4, -0.2) is 22.3 Å². The van der Waals surface area contributed by atoms with E-state index in [9.17, 15) is 4.79 Å². The van der Waals surface area contributed by atoms with Crippen molar-refractivity contribution in [2.24, 2.45) is 5.73 Å². The van der Waals surface area contributed by atoms with E-state index in [1.54, 1.807) is 11.3 Å². The largest absolute Gasteiger partial charge is 0.399 e. The minimum atomic E-state index is -0.340. The minimum absolute atomic E-state index is 0.209. The van der Waals surface area contributed by atoms with Crippen LogP contribution in [0.2, 0.25) is 0 Å². The number of rotatable bonds is 6. The summed E-state index contributed by atoms with van der Waals surface area (Å²) >= 11 is 1.60. The number of hydrogen-bond acceptors (Lipinski definition) is 5. The van der Waals surface area contributed by atoms with E-state index in [-0.39, 0.29) is 12.5 Å². The topological polar surface area (TPSA) is 85.2 Å². The second kappa shape index (κ2) is 6.49. The Morgan fingerprint density at radius 3 is 2.55 bits per heavy atom. The van der Waals surface area contributed by atoms with Crippen LogP contribution in [0.4, 0.5) is 5.69 Å². The highest BCUT2D eigenvalue weighted by Crippen LogP contribution is 2.13. The highest BCUT2D eigenvalue weighted by atomic mass is 32.1. The normalized spacial score (nSPS) is 10.9. The molecule has 0 saturated carbocycles. The number of amides is 1. The molecule has 0 radical (unpaired) electrons. The van der Waals surface area contributed by atoms with Crippen molar-refractivity contribution >= 4 is 22.9 Å². The molecule has 2 aromatic rings. The molecule has 1 heterocycles. The van der Waals surface area contributed by atoms with Crippen LogP contribution in [0.5, 0.6) is 0 Å². The standard InChI is InChI=1S/C14H18N4OS/c1-10-17-13(9-20-10)7-18(8-14(16)19)6-11-2-4-12(15)5-3-11/h2-5,9H,6-8,15H2,1H3,(H2,16,19). The highest BCUT2D eigenvalue weighted by molar-refractivity contribution is 7.09. The predicted octanol–water partition coefficient (Wildman–Crippen LogP) is 1.52. The lowest BCUT2D eigenvalue weighted by molar-refractivity contribution is -0.119. The summed E-state index contributed by atoms with van der Waals surface area (Å²) < 4.78 is 0. The number of nitrogens with two attached hydrogens (primary N) is 2. The van der Waals surface area contributed by atoms with E-state index >= 15 is 0 Å². The average molecular weight is 290 g/mol. The van der Waals surface area contributed by atoms with Gasteiger partial charge in [-0.25, -0.2) is 4.98 Å². The van der Waals surface area contributed by atoms with E-state index < -0.39 is 0 Å². The minimum Gasteiger partial charge on any atom is -0.399 e. The molecule has 106 valence electrons. The lowest BCUT2D eigenvalue weighted by atomic mass is 10.2. The van der Waals surface area contributed by atoms with Crippen LogP contribution in [0.3, 0.4) is 0 Å². The summed E-state index contributed by atoms with van der Waals surface area (Å²) in [5, 5.41) is 3.03. The Kier molecular flexibility index (Phi) is 4.70. The summed E-state index contributed by atoms with van der Waals surface area (Å²) in [4.78, 5) is 17.6. The third-order valence-corrected chi connectivity index (χ3v) is 3.64. The fourth-order valence-electron chi connectivity index (χ4n) is 1.98. The van der Waals surface area contributed by atoms with E-state index in [1.807, 2.05) is 41.5 Å². The van der Waals surface area contributed by atoms with E-state index in [0.29, 0.717) is 13.1 Å². The predicted molar refractivity (Wildman–Crippen MR) is 81.0 cm³/mol. The quantitative estimate of drug-likeness (QED) is 0.790. The summed E-state index contributed by atoms with van der Waals surface area (Å²) in [5.74, 6) is -0.340. The monoisotopic (exact) mass is 290 g/mol. The van der Waals surface area contributed by atoms with Crippen molar-refractivity contribution in [3.8, 4) is 0 Å². The highest BCUT2D eigenvalue weighted by Gasteiger charge is 2.11. The van der Waals surface area contributed by atoms with Gasteiger partial charge in [-0.2, -0.15) is 0 Å². The number of benzene rings is 1. The molecule has 1 aromatic heterocycles. The summed E-state index contributed by atoms with van der Waals surface area (Å²) in [6, 6.07) is 7.61. The fourth-order valence-corrected chi connectivity index (χ4v) is 2.58. The van der Waals surface area contributed by atoms with Gasteiger partial charge in [-0.1, -0.05) is 12.1 Å². The molecule has 0 fully saturated rings. The number of hydrogen-bond donors (Lipinski definition) is 2. The molecule has 1 aromatic carbocycles. The Bertz CT molecular complexity index is 579. The van der Waals surface area contributed by atoms with Gasteiger partial charge in [0.15, 0.2) is 0 Å². The number of carbonyl (C=O) groups is 1. The van der Waals surface area contributed by atoms with Crippen LogP contribution >= 0.6 is 11.3 Å². The van der Waals surface area contributed by atoms with Crippen LogP contribution in [0, 0.1) is 6.92 Å². The average Bonchev–Trinajstić information content (AvgIpc) is 2.77. The Morgan fingerprint density at radius 1 is 1.30 bits per heavy atom. The Morgan fingerprint density at radius 2 is 2.00 bits per heavy atom. The van der Waals surface area contributed by atoms with Gasteiger partial charge in [0.2, 0.25) is 5.91 Å². The van der Waals surface area contributed by atoms with Crippen LogP contribution in [0.15, 0.2) is 29.6 Å². The molecule has 20 heavy (non-hydrogen) atoms. The molecule has 0 aliphatic heterocycles. The van der Waals surface area contributed by atoms with Gasteiger partial charge in [0, 0.05) is 24.2 Å². The van der Waals surface area contributed by atoms with Crippen LogP contribution in [0.1, 0.15) is 16.3 Å².